The highest BCUT2D eigenvalue weighted by atomic mass is 16.3. The monoisotopic (exact) mass is 420 g/mol. The van der Waals surface area contributed by atoms with Crippen LogP contribution in [0.4, 0.5) is 5.69 Å². The molecule has 5 heterocycles. The molecular weight excluding hydrogens is 400 g/mol. The molecule has 1 aliphatic heterocycles. The van der Waals surface area contributed by atoms with Gasteiger partial charge in [-0.1, -0.05) is 12.1 Å². The summed E-state index contributed by atoms with van der Waals surface area (Å²) in [6.07, 6.45) is 11.0. The normalized spacial score (nSPS) is 13.0. The lowest BCUT2D eigenvalue weighted by Crippen LogP contribution is -2.09. The van der Waals surface area contributed by atoms with Crippen LogP contribution in [-0.4, -0.2) is 36.2 Å². The quantitative estimate of drug-likeness (QED) is 0.394. The second kappa shape index (κ2) is 7.09. The van der Waals surface area contributed by atoms with Gasteiger partial charge in [0.25, 0.3) is 0 Å². The molecule has 6 rings (SSSR count). The highest BCUT2D eigenvalue weighted by Gasteiger charge is 2.18. The molecule has 156 valence electrons. The van der Waals surface area contributed by atoms with E-state index in [4.69, 9.17) is 0 Å². The summed E-state index contributed by atoms with van der Waals surface area (Å²) in [5, 5.41) is 14.3. The zero-order valence-electron chi connectivity index (χ0n) is 17.4. The van der Waals surface area contributed by atoms with Crippen LogP contribution in [0.15, 0.2) is 73.6 Å². The Morgan fingerprint density at radius 2 is 1.97 bits per heavy atom. The van der Waals surface area contributed by atoms with Crippen molar-refractivity contribution in [1.82, 2.24) is 24.5 Å². The van der Waals surface area contributed by atoms with E-state index >= 15 is 0 Å². The van der Waals surface area contributed by atoms with E-state index in [2.05, 4.69) is 49.5 Å². The predicted molar refractivity (Wildman–Crippen MR) is 125 cm³/mol. The van der Waals surface area contributed by atoms with Gasteiger partial charge in [0.15, 0.2) is 0 Å². The standard InChI is InChI=1S/C25H20N6O/c1-15-13-31(14-29-15)25-21-10-24(30-23(21)5-7-28-25)19-4-6-27-22-3-2-16(9-20(19)22)17-8-18(32)12-26-11-17/h2-5,7-14,27,30,32H,6H2,1H3. The van der Waals surface area contributed by atoms with E-state index in [-0.39, 0.29) is 5.75 Å². The number of benzene rings is 1. The molecule has 32 heavy (non-hydrogen) atoms. The second-order valence-corrected chi connectivity index (χ2v) is 7.89. The third-order valence-electron chi connectivity index (χ3n) is 5.74. The number of H-pyrrole nitrogens is 1. The van der Waals surface area contributed by atoms with E-state index in [1.165, 1.54) is 6.20 Å². The van der Waals surface area contributed by atoms with E-state index in [0.29, 0.717) is 0 Å². The Balaban J connectivity index is 1.47. The fourth-order valence-corrected chi connectivity index (χ4v) is 4.24. The molecule has 0 aliphatic carbocycles. The van der Waals surface area contributed by atoms with E-state index in [0.717, 1.165) is 62.6 Å². The number of rotatable bonds is 3. The number of nitrogens with zero attached hydrogens (tertiary/aromatic N) is 4. The SMILES string of the molecule is Cc1cn(-c2nccc3[nH]c(C4=CCNc5ccc(-c6cncc(O)c6)cc54)cc23)cn1. The number of hydrogen-bond donors (Lipinski definition) is 3. The molecule has 0 radical (unpaired) electrons. The third-order valence-corrected chi connectivity index (χ3v) is 5.74. The van der Waals surface area contributed by atoms with Gasteiger partial charge < -0.3 is 15.4 Å². The Labute approximate surface area is 184 Å². The summed E-state index contributed by atoms with van der Waals surface area (Å²) in [7, 11) is 0. The topological polar surface area (TPSA) is 91.7 Å². The predicted octanol–water partition coefficient (Wildman–Crippen LogP) is 4.68. The fraction of sp³-hybridized carbons (Fsp3) is 0.0800. The van der Waals surface area contributed by atoms with E-state index in [1.54, 1.807) is 18.6 Å². The van der Waals surface area contributed by atoms with Crippen molar-refractivity contribution < 1.29 is 5.11 Å². The van der Waals surface area contributed by atoms with Crippen molar-refractivity contribution in [2.24, 2.45) is 0 Å². The Bertz CT molecular complexity index is 1510. The fourth-order valence-electron chi connectivity index (χ4n) is 4.24. The second-order valence-electron chi connectivity index (χ2n) is 7.89. The number of anilines is 1. The molecule has 0 saturated carbocycles. The molecule has 1 aromatic carbocycles. The zero-order valence-corrected chi connectivity index (χ0v) is 17.4. The average molecular weight is 420 g/mol. The van der Waals surface area contributed by atoms with Gasteiger partial charge in [-0.2, -0.15) is 0 Å². The van der Waals surface area contributed by atoms with E-state index in [1.807, 2.05) is 36.0 Å². The molecule has 0 atom stereocenters. The van der Waals surface area contributed by atoms with Gasteiger partial charge in [-0.25, -0.2) is 9.97 Å². The first-order chi connectivity index (χ1) is 15.7. The Kier molecular flexibility index (Phi) is 4.07. The van der Waals surface area contributed by atoms with Crippen LogP contribution in [-0.2, 0) is 0 Å². The van der Waals surface area contributed by atoms with Gasteiger partial charge in [-0.05, 0) is 42.8 Å². The van der Waals surface area contributed by atoms with Gasteiger partial charge in [0, 0.05) is 58.6 Å². The number of pyridine rings is 2. The van der Waals surface area contributed by atoms with Gasteiger partial charge in [0.05, 0.1) is 17.4 Å². The molecular formula is C25H20N6O. The maximum absolute atomic E-state index is 9.84. The number of aromatic nitrogens is 5. The lowest BCUT2D eigenvalue weighted by atomic mass is 9.94. The molecule has 3 N–H and O–H groups in total. The van der Waals surface area contributed by atoms with Crippen LogP contribution in [0.5, 0.6) is 5.75 Å². The summed E-state index contributed by atoms with van der Waals surface area (Å²) in [4.78, 5) is 16.6. The van der Waals surface area contributed by atoms with Crippen LogP contribution in [0, 0.1) is 6.92 Å². The van der Waals surface area contributed by atoms with Gasteiger partial charge in [-0.3, -0.25) is 9.55 Å². The maximum atomic E-state index is 9.84. The number of nitrogens with one attached hydrogen (secondary N) is 2. The van der Waals surface area contributed by atoms with E-state index in [9.17, 15) is 5.11 Å². The van der Waals surface area contributed by atoms with Gasteiger partial charge in [0.2, 0.25) is 0 Å². The Morgan fingerprint density at radius 3 is 2.81 bits per heavy atom. The molecule has 0 fully saturated rings. The first-order valence-electron chi connectivity index (χ1n) is 10.4. The van der Waals surface area contributed by atoms with Gasteiger partial charge in [0.1, 0.15) is 17.9 Å². The Morgan fingerprint density at radius 1 is 1.03 bits per heavy atom. The molecule has 0 unspecified atom stereocenters. The summed E-state index contributed by atoms with van der Waals surface area (Å²) in [5.41, 5.74) is 8.15. The van der Waals surface area contributed by atoms with Crippen molar-refractivity contribution in [3.05, 3.63) is 90.5 Å². The molecule has 5 aromatic rings. The number of fused-ring (bicyclic) bond motifs is 2. The molecule has 1 aliphatic rings. The summed E-state index contributed by atoms with van der Waals surface area (Å²) < 4.78 is 1.95. The molecule has 7 heteroatoms. The largest absolute Gasteiger partial charge is 0.506 e. The first kappa shape index (κ1) is 18.4. The van der Waals surface area contributed by atoms with Gasteiger partial charge >= 0.3 is 0 Å². The molecule has 0 saturated heterocycles. The number of aromatic hydroxyl groups is 1. The van der Waals surface area contributed by atoms with Crippen LogP contribution in [0.25, 0.3) is 33.4 Å². The van der Waals surface area contributed by atoms with Crippen LogP contribution < -0.4 is 5.32 Å². The molecule has 0 bridgehead atoms. The van der Waals surface area contributed by atoms with Gasteiger partial charge in [-0.15, -0.1) is 0 Å². The summed E-state index contributed by atoms with van der Waals surface area (Å²) in [5.74, 6) is 0.999. The average Bonchev–Trinajstić information content (AvgIpc) is 3.44. The van der Waals surface area contributed by atoms with Crippen molar-refractivity contribution in [2.75, 3.05) is 11.9 Å². The zero-order chi connectivity index (χ0) is 21.7. The minimum Gasteiger partial charge on any atom is -0.506 e. The van der Waals surface area contributed by atoms with E-state index < -0.39 is 0 Å². The number of aromatic amines is 1. The minimum absolute atomic E-state index is 0.152. The summed E-state index contributed by atoms with van der Waals surface area (Å²) in [6.45, 7) is 2.71. The molecule has 0 spiro atoms. The summed E-state index contributed by atoms with van der Waals surface area (Å²) >= 11 is 0. The van der Waals surface area contributed by atoms with Crippen LogP contribution in [0.1, 0.15) is 17.0 Å². The highest BCUT2D eigenvalue weighted by Crippen LogP contribution is 2.37. The molecule has 7 nitrogen and oxygen atoms in total. The number of aryl methyl sites for hydroxylation is 1. The smallest absolute Gasteiger partial charge is 0.147 e. The lowest BCUT2D eigenvalue weighted by molar-refractivity contribution is 0.473. The van der Waals surface area contributed by atoms with Crippen molar-refractivity contribution in [3.63, 3.8) is 0 Å². The van der Waals surface area contributed by atoms with Crippen molar-refractivity contribution >= 4 is 22.2 Å². The van der Waals surface area contributed by atoms with Crippen LogP contribution in [0.3, 0.4) is 0 Å². The highest BCUT2D eigenvalue weighted by molar-refractivity contribution is 5.95. The Hall–Kier alpha value is -4.39. The van der Waals surface area contributed by atoms with Crippen molar-refractivity contribution in [3.8, 4) is 22.7 Å². The van der Waals surface area contributed by atoms with Crippen molar-refractivity contribution in [1.29, 1.82) is 0 Å². The maximum Gasteiger partial charge on any atom is 0.147 e. The number of hydrogen-bond acceptors (Lipinski definition) is 5. The first-order valence-corrected chi connectivity index (χ1v) is 10.4. The van der Waals surface area contributed by atoms with Crippen LogP contribution >= 0.6 is 0 Å². The number of imidazole rings is 1. The third kappa shape index (κ3) is 3.02. The lowest BCUT2D eigenvalue weighted by Gasteiger charge is -2.20. The molecule has 4 aromatic heterocycles. The minimum atomic E-state index is 0.152. The van der Waals surface area contributed by atoms with Crippen LogP contribution in [0.2, 0.25) is 0 Å². The summed E-state index contributed by atoms with van der Waals surface area (Å²) in [6, 6.07) is 12.1. The molecule has 0 amide bonds. The van der Waals surface area contributed by atoms with Crippen molar-refractivity contribution in [2.45, 2.75) is 6.92 Å².